The summed E-state index contributed by atoms with van der Waals surface area (Å²) in [5.41, 5.74) is 3.05. The molecule has 2 aromatic heterocycles. The zero-order valence-electron chi connectivity index (χ0n) is 16.6. The van der Waals surface area contributed by atoms with E-state index in [9.17, 15) is 9.18 Å². The SMILES string of the molecule is CSC(=O)c1ccc2nc(-c3cc4cc(F)ccc4o3)c(N(C)C(C)C)nc2c1. The monoisotopic (exact) mass is 409 g/mol. The van der Waals surface area contributed by atoms with Gasteiger partial charge in [0.15, 0.2) is 11.6 Å². The highest BCUT2D eigenvalue weighted by Gasteiger charge is 2.20. The number of hydrogen-bond acceptors (Lipinski definition) is 6. The fourth-order valence-corrected chi connectivity index (χ4v) is 3.44. The summed E-state index contributed by atoms with van der Waals surface area (Å²) in [4.78, 5) is 23.6. The van der Waals surface area contributed by atoms with Crippen LogP contribution in [0.4, 0.5) is 10.2 Å². The number of nitrogens with zero attached hydrogens (tertiary/aromatic N) is 3. The van der Waals surface area contributed by atoms with Gasteiger partial charge in [0.25, 0.3) is 0 Å². The number of fused-ring (bicyclic) bond motifs is 2. The summed E-state index contributed by atoms with van der Waals surface area (Å²) in [7, 11) is 1.93. The second-order valence-corrected chi connectivity index (χ2v) is 7.87. The third-order valence-corrected chi connectivity index (χ3v) is 5.49. The van der Waals surface area contributed by atoms with Gasteiger partial charge in [0, 0.05) is 24.0 Å². The second kappa shape index (κ2) is 7.48. The molecule has 0 aliphatic rings. The maximum Gasteiger partial charge on any atom is 0.219 e. The molecule has 0 aliphatic heterocycles. The summed E-state index contributed by atoms with van der Waals surface area (Å²) >= 11 is 1.16. The molecular weight excluding hydrogens is 389 g/mol. The Morgan fingerprint density at radius 1 is 1.10 bits per heavy atom. The van der Waals surface area contributed by atoms with Crippen molar-refractivity contribution in [2.45, 2.75) is 19.9 Å². The van der Waals surface area contributed by atoms with Crippen LogP contribution in [0, 0.1) is 5.82 Å². The van der Waals surface area contributed by atoms with Crippen molar-refractivity contribution in [3.63, 3.8) is 0 Å². The Balaban J connectivity index is 1.94. The summed E-state index contributed by atoms with van der Waals surface area (Å²) in [6.45, 7) is 4.11. The van der Waals surface area contributed by atoms with Gasteiger partial charge in [0.05, 0.1) is 11.0 Å². The van der Waals surface area contributed by atoms with E-state index in [1.54, 1.807) is 36.6 Å². The zero-order chi connectivity index (χ0) is 20.7. The van der Waals surface area contributed by atoms with E-state index in [4.69, 9.17) is 14.4 Å². The van der Waals surface area contributed by atoms with E-state index in [2.05, 4.69) is 13.8 Å². The van der Waals surface area contributed by atoms with E-state index in [1.165, 1.54) is 12.1 Å². The van der Waals surface area contributed by atoms with Gasteiger partial charge in [-0.15, -0.1) is 0 Å². The summed E-state index contributed by atoms with van der Waals surface area (Å²) in [5.74, 6) is 0.840. The van der Waals surface area contributed by atoms with Crippen LogP contribution in [0.1, 0.15) is 24.2 Å². The first kappa shape index (κ1) is 19.4. The first-order chi connectivity index (χ1) is 13.9. The van der Waals surface area contributed by atoms with Crippen LogP contribution in [-0.2, 0) is 0 Å². The highest BCUT2D eigenvalue weighted by atomic mass is 32.2. The van der Waals surface area contributed by atoms with Gasteiger partial charge in [-0.2, -0.15) is 0 Å². The molecule has 0 aliphatic carbocycles. The molecule has 2 aromatic carbocycles. The number of aromatic nitrogens is 2. The van der Waals surface area contributed by atoms with Crippen molar-refractivity contribution >= 4 is 44.7 Å². The highest BCUT2D eigenvalue weighted by molar-refractivity contribution is 8.13. The Bertz CT molecular complexity index is 1240. The standard InChI is InChI=1S/C22H20FN3O2S/c1-12(2)26(3)21-20(19-11-14-9-15(23)6-8-18(14)28-19)24-16-7-5-13(22(27)29-4)10-17(16)25-21/h5-12H,1-4H3. The molecule has 4 rings (SSSR count). The Kier molecular flexibility index (Phi) is 5.00. The number of halogens is 1. The van der Waals surface area contributed by atoms with Crippen LogP contribution in [0.5, 0.6) is 0 Å². The van der Waals surface area contributed by atoms with E-state index in [0.29, 0.717) is 44.8 Å². The summed E-state index contributed by atoms with van der Waals surface area (Å²) < 4.78 is 19.5. The number of furan rings is 1. The number of rotatable bonds is 4. The lowest BCUT2D eigenvalue weighted by Crippen LogP contribution is -2.27. The van der Waals surface area contributed by atoms with Gasteiger partial charge < -0.3 is 9.32 Å². The molecule has 0 saturated carbocycles. The number of carbonyl (C=O) groups is 1. The Morgan fingerprint density at radius 2 is 1.90 bits per heavy atom. The van der Waals surface area contributed by atoms with Crippen molar-refractivity contribution in [1.82, 2.24) is 9.97 Å². The number of thioether (sulfide) groups is 1. The van der Waals surface area contributed by atoms with Crippen molar-refractivity contribution in [3.8, 4) is 11.5 Å². The summed E-state index contributed by atoms with van der Waals surface area (Å²) in [6, 6.07) is 11.6. The van der Waals surface area contributed by atoms with E-state index in [1.807, 2.05) is 11.9 Å². The minimum Gasteiger partial charge on any atom is -0.454 e. The maximum atomic E-state index is 13.6. The molecule has 0 unspecified atom stereocenters. The first-order valence-corrected chi connectivity index (χ1v) is 10.4. The highest BCUT2D eigenvalue weighted by Crippen LogP contribution is 2.34. The molecule has 4 aromatic rings. The van der Waals surface area contributed by atoms with Gasteiger partial charge in [0.1, 0.15) is 17.1 Å². The molecule has 0 fully saturated rings. The fourth-order valence-electron chi connectivity index (χ4n) is 3.08. The molecule has 0 bridgehead atoms. The van der Waals surface area contributed by atoms with Gasteiger partial charge in [0.2, 0.25) is 5.12 Å². The molecule has 0 spiro atoms. The smallest absolute Gasteiger partial charge is 0.219 e. The summed E-state index contributed by atoms with van der Waals surface area (Å²) in [5, 5.41) is 0.650. The van der Waals surface area contributed by atoms with Crippen LogP contribution < -0.4 is 4.90 Å². The molecule has 0 amide bonds. The van der Waals surface area contributed by atoms with Crippen LogP contribution in [0.15, 0.2) is 46.9 Å². The molecule has 0 radical (unpaired) electrons. The Morgan fingerprint density at radius 3 is 2.62 bits per heavy atom. The molecule has 0 saturated heterocycles. The Hall–Kier alpha value is -2.93. The van der Waals surface area contributed by atoms with Gasteiger partial charge in [-0.05, 0) is 62.6 Å². The second-order valence-electron chi connectivity index (χ2n) is 7.09. The van der Waals surface area contributed by atoms with Gasteiger partial charge in [-0.3, -0.25) is 4.79 Å². The normalized spacial score (nSPS) is 11.5. The zero-order valence-corrected chi connectivity index (χ0v) is 17.4. The lowest BCUT2D eigenvalue weighted by Gasteiger charge is -2.24. The number of anilines is 1. The molecule has 7 heteroatoms. The molecule has 5 nitrogen and oxygen atoms in total. The third kappa shape index (κ3) is 3.58. The lowest BCUT2D eigenvalue weighted by molar-refractivity contribution is 0.108. The first-order valence-electron chi connectivity index (χ1n) is 9.20. The maximum absolute atomic E-state index is 13.6. The average molecular weight is 409 g/mol. The predicted octanol–water partition coefficient (Wildman–Crippen LogP) is 5.53. The van der Waals surface area contributed by atoms with Gasteiger partial charge in [-0.25, -0.2) is 14.4 Å². The van der Waals surface area contributed by atoms with Crippen molar-refractivity contribution in [2.24, 2.45) is 0 Å². The predicted molar refractivity (Wildman–Crippen MR) is 116 cm³/mol. The minimum absolute atomic E-state index is 0.0177. The molecular formula is C22H20FN3O2S. The quantitative estimate of drug-likeness (QED) is 0.442. The molecule has 29 heavy (non-hydrogen) atoms. The summed E-state index contributed by atoms with van der Waals surface area (Å²) in [6.07, 6.45) is 1.75. The third-order valence-electron chi connectivity index (χ3n) is 4.89. The van der Waals surface area contributed by atoms with Crippen molar-refractivity contribution in [1.29, 1.82) is 0 Å². The van der Waals surface area contributed by atoms with E-state index in [0.717, 1.165) is 11.8 Å². The van der Waals surface area contributed by atoms with Crippen LogP contribution in [0.25, 0.3) is 33.5 Å². The van der Waals surface area contributed by atoms with Gasteiger partial charge in [-0.1, -0.05) is 11.8 Å². The number of hydrogen-bond donors (Lipinski definition) is 0. The van der Waals surface area contributed by atoms with E-state index in [-0.39, 0.29) is 17.0 Å². The lowest BCUT2D eigenvalue weighted by atomic mass is 10.1. The molecule has 2 heterocycles. The topological polar surface area (TPSA) is 59.2 Å². The van der Waals surface area contributed by atoms with Crippen molar-refractivity contribution in [2.75, 3.05) is 18.2 Å². The van der Waals surface area contributed by atoms with Crippen molar-refractivity contribution in [3.05, 3.63) is 53.8 Å². The molecule has 148 valence electrons. The van der Waals surface area contributed by atoms with Gasteiger partial charge >= 0.3 is 0 Å². The van der Waals surface area contributed by atoms with Crippen molar-refractivity contribution < 1.29 is 13.6 Å². The van der Waals surface area contributed by atoms with Crippen LogP contribution in [0.3, 0.4) is 0 Å². The largest absolute Gasteiger partial charge is 0.454 e. The number of benzene rings is 2. The molecule has 0 atom stereocenters. The van der Waals surface area contributed by atoms with Crippen LogP contribution >= 0.6 is 11.8 Å². The van der Waals surface area contributed by atoms with Crippen LogP contribution in [0.2, 0.25) is 0 Å². The fraction of sp³-hybridized carbons (Fsp3) is 0.227. The molecule has 0 N–H and O–H groups in total. The average Bonchev–Trinajstić information content (AvgIpc) is 3.14. The Labute approximate surface area is 171 Å². The van der Waals surface area contributed by atoms with E-state index >= 15 is 0 Å². The minimum atomic E-state index is -0.319. The van der Waals surface area contributed by atoms with Crippen LogP contribution in [-0.4, -0.2) is 34.4 Å². The van der Waals surface area contributed by atoms with E-state index < -0.39 is 0 Å². The number of carbonyl (C=O) groups excluding carboxylic acids is 1.